The average molecular weight is 208 g/mol. The SMILES string of the molecule is CC(C)(C)CNCC(O)c1ccncc1. The summed E-state index contributed by atoms with van der Waals surface area (Å²) in [5.74, 6) is 0. The zero-order valence-corrected chi connectivity index (χ0v) is 9.70. The van der Waals surface area contributed by atoms with Crippen molar-refractivity contribution in [3.05, 3.63) is 30.1 Å². The fourth-order valence-corrected chi connectivity index (χ4v) is 1.29. The van der Waals surface area contributed by atoms with E-state index in [1.165, 1.54) is 0 Å². The van der Waals surface area contributed by atoms with Crippen LogP contribution in [-0.4, -0.2) is 23.2 Å². The highest BCUT2D eigenvalue weighted by Crippen LogP contribution is 2.13. The summed E-state index contributed by atoms with van der Waals surface area (Å²) in [7, 11) is 0. The standard InChI is InChI=1S/C12H20N2O/c1-12(2,3)9-14-8-11(15)10-4-6-13-7-5-10/h4-7,11,14-15H,8-9H2,1-3H3. The zero-order chi connectivity index (χ0) is 11.3. The lowest BCUT2D eigenvalue weighted by Gasteiger charge is -2.20. The molecule has 84 valence electrons. The van der Waals surface area contributed by atoms with E-state index in [0.29, 0.717) is 6.54 Å². The summed E-state index contributed by atoms with van der Waals surface area (Å²) < 4.78 is 0. The summed E-state index contributed by atoms with van der Waals surface area (Å²) in [6.45, 7) is 7.98. The molecule has 1 heterocycles. The van der Waals surface area contributed by atoms with Crippen molar-refractivity contribution in [1.29, 1.82) is 0 Å². The van der Waals surface area contributed by atoms with E-state index in [0.717, 1.165) is 12.1 Å². The molecule has 0 aliphatic carbocycles. The highest BCUT2D eigenvalue weighted by atomic mass is 16.3. The summed E-state index contributed by atoms with van der Waals surface area (Å²) >= 11 is 0. The van der Waals surface area contributed by atoms with Crippen LogP contribution in [0.5, 0.6) is 0 Å². The molecule has 0 aliphatic rings. The quantitative estimate of drug-likeness (QED) is 0.792. The van der Waals surface area contributed by atoms with E-state index in [-0.39, 0.29) is 5.41 Å². The molecule has 0 saturated carbocycles. The van der Waals surface area contributed by atoms with Gasteiger partial charge in [-0.05, 0) is 23.1 Å². The highest BCUT2D eigenvalue weighted by Gasteiger charge is 2.11. The monoisotopic (exact) mass is 208 g/mol. The van der Waals surface area contributed by atoms with Gasteiger partial charge in [0.25, 0.3) is 0 Å². The molecule has 0 radical (unpaired) electrons. The first-order chi connectivity index (χ1) is 6.99. The van der Waals surface area contributed by atoms with Crippen LogP contribution in [0, 0.1) is 5.41 Å². The summed E-state index contributed by atoms with van der Waals surface area (Å²) in [6, 6.07) is 3.67. The van der Waals surface area contributed by atoms with Crippen molar-refractivity contribution in [2.45, 2.75) is 26.9 Å². The average Bonchev–Trinajstić information content (AvgIpc) is 2.17. The number of hydrogen-bond acceptors (Lipinski definition) is 3. The van der Waals surface area contributed by atoms with Gasteiger partial charge in [0.2, 0.25) is 0 Å². The third kappa shape index (κ3) is 4.91. The molecule has 0 spiro atoms. The number of rotatable bonds is 4. The van der Waals surface area contributed by atoms with E-state index in [1.807, 2.05) is 12.1 Å². The lowest BCUT2D eigenvalue weighted by atomic mass is 9.97. The summed E-state index contributed by atoms with van der Waals surface area (Å²) in [4.78, 5) is 3.92. The van der Waals surface area contributed by atoms with E-state index in [4.69, 9.17) is 0 Å². The van der Waals surface area contributed by atoms with Crippen LogP contribution in [0.4, 0.5) is 0 Å². The number of hydrogen-bond donors (Lipinski definition) is 2. The minimum absolute atomic E-state index is 0.248. The molecule has 1 aromatic heterocycles. The minimum Gasteiger partial charge on any atom is -0.387 e. The predicted molar refractivity (Wildman–Crippen MR) is 61.5 cm³/mol. The van der Waals surface area contributed by atoms with Crippen LogP contribution in [0.3, 0.4) is 0 Å². The lowest BCUT2D eigenvalue weighted by Crippen LogP contribution is -2.30. The Morgan fingerprint density at radius 1 is 1.33 bits per heavy atom. The molecule has 2 N–H and O–H groups in total. The molecule has 1 unspecified atom stereocenters. The number of aliphatic hydroxyl groups is 1. The molecule has 0 saturated heterocycles. The van der Waals surface area contributed by atoms with Gasteiger partial charge >= 0.3 is 0 Å². The Hall–Kier alpha value is -0.930. The molecule has 3 heteroatoms. The van der Waals surface area contributed by atoms with Crippen LogP contribution in [0.25, 0.3) is 0 Å². The Bertz CT molecular complexity index is 279. The van der Waals surface area contributed by atoms with Gasteiger partial charge in [0, 0.05) is 25.5 Å². The molecule has 0 bridgehead atoms. The largest absolute Gasteiger partial charge is 0.387 e. The number of pyridine rings is 1. The summed E-state index contributed by atoms with van der Waals surface area (Å²) in [6.07, 6.45) is 2.94. The topological polar surface area (TPSA) is 45.1 Å². The third-order valence-electron chi connectivity index (χ3n) is 2.08. The van der Waals surface area contributed by atoms with Crippen molar-refractivity contribution < 1.29 is 5.11 Å². The van der Waals surface area contributed by atoms with Gasteiger partial charge in [0.15, 0.2) is 0 Å². The Labute approximate surface area is 91.5 Å². The second-order valence-corrected chi connectivity index (χ2v) is 4.99. The van der Waals surface area contributed by atoms with Gasteiger partial charge < -0.3 is 10.4 Å². The molecule has 15 heavy (non-hydrogen) atoms. The summed E-state index contributed by atoms with van der Waals surface area (Å²) in [5.41, 5.74) is 1.16. The van der Waals surface area contributed by atoms with Crippen molar-refractivity contribution >= 4 is 0 Å². The first-order valence-corrected chi connectivity index (χ1v) is 5.28. The Morgan fingerprint density at radius 2 is 1.93 bits per heavy atom. The van der Waals surface area contributed by atoms with Crippen LogP contribution in [0.15, 0.2) is 24.5 Å². The zero-order valence-electron chi connectivity index (χ0n) is 9.70. The van der Waals surface area contributed by atoms with Gasteiger partial charge in [0.05, 0.1) is 6.10 Å². The van der Waals surface area contributed by atoms with Crippen LogP contribution in [-0.2, 0) is 0 Å². The number of aliphatic hydroxyl groups excluding tert-OH is 1. The van der Waals surface area contributed by atoms with Gasteiger partial charge in [-0.15, -0.1) is 0 Å². The van der Waals surface area contributed by atoms with Crippen LogP contribution >= 0.6 is 0 Å². The smallest absolute Gasteiger partial charge is 0.0915 e. The normalized spacial score (nSPS) is 13.9. The molecular weight excluding hydrogens is 188 g/mol. The molecule has 0 aliphatic heterocycles. The summed E-state index contributed by atoms with van der Waals surface area (Å²) in [5, 5.41) is 13.1. The van der Waals surface area contributed by atoms with Gasteiger partial charge in [-0.2, -0.15) is 0 Å². The van der Waals surface area contributed by atoms with Crippen LogP contribution in [0.1, 0.15) is 32.4 Å². The Morgan fingerprint density at radius 3 is 2.47 bits per heavy atom. The molecular formula is C12H20N2O. The Balaban J connectivity index is 2.34. The highest BCUT2D eigenvalue weighted by molar-refractivity contribution is 5.13. The maximum Gasteiger partial charge on any atom is 0.0915 e. The molecule has 1 aromatic rings. The van der Waals surface area contributed by atoms with Crippen molar-refractivity contribution in [3.8, 4) is 0 Å². The second kappa shape index (κ2) is 5.24. The van der Waals surface area contributed by atoms with Gasteiger partial charge in [-0.3, -0.25) is 4.98 Å². The Kier molecular flexibility index (Phi) is 4.24. The fourth-order valence-electron chi connectivity index (χ4n) is 1.29. The van der Waals surface area contributed by atoms with Gasteiger partial charge in [-0.1, -0.05) is 20.8 Å². The molecule has 0 fully saturated rings. The van der Waals surface area contributed by atoms with E-state index < -0.39 is 6.10 Å². The van der Waals surface area contributed by atoms with Crippen molar-refractivity contribution in [2.75, 3.05) is 13.1 Å². The van der Waals surface area contributed by atoms with Gasteiger partial charge in [-0.25, -0.2) is 0 Å². The predicted octanol–water partition coefficient (Wildman–Crippen LogP) is 1.75. The molecule has 1 atom stereocenters. The number of nitrogens with one attached hydrogen (secondary N) is 1. The van der Waals surface area contributed by atoms with Gasteiger partial charge in [0.1, 0.15) is 0 Å². The van der Waals surface area contributed by atoms with E-state index >= 15 is 0 Å². The second-order valence-electron chi connectivity index (χ2n) is 4.99. The maximum atomic E-state index is 9.83. The minimum atomic E-state index is -0.449. The number of aromatic nitrogens is 1. The third-order valence-corrected chi connectivity index (χ3v) is 2.08. The maximum absolute atomic E-state index is 9.83. The van der Waals surface area contributed by atoms with Crippen LogP contribution < -0.4 is 5.32 Å². The van der Waals surface area contributed by atoms with Crippen LogP contribution in [0.2, 0.25) is 0 Å². The van der Waals surface area contributed by atoms with Crippen molar-refractivity contribution in [2.24, 2.45) is 5.41 Å². The van der Waals surface area contributed by atoms with Crippen molar-refractivity contribution in [3.63, 3.8) is 0 Å². The number of nitrogens with zero attached hydrogens (tertiary/aromatic N) is 1. The molecule has 0 aromatic carbocycles. The lowest BCUT2D eigenvalue weighted by molar-refractivity contribution is 0.169. The first kappa shape index (κ1) is 12.1. The molecule has 0 amide bonds. The molecule has 1 rings (SSSR count). The first-order valence-electron chi connectivity index (χ1n) is 5.28. The van der Waals surface area contributed by atoms with Crippen molar-refractivity contribution in [1.82, 2.24) is 10.3 Å². The van der Waals surface area contributed by atoms with E-state index in [2.05, 4.69) is 31.1 Å². The van der Waals surface area contributed by atoms with E-state index in [9.17, 15) is 5.11 Å². The fraction of sp³-hybridized carbons (Fsp3) is 0.583. The molecule has 3 nitrogen and oxygen atoms in total. The van der Waals surface area contributed by atoms with E-state index in [1.54, 1.807) is 12.4 Å².